The Morgan fingerprint density at radius 3 is 2.67 bits per heavy atom. The van der Waals surface area contributed by atoms with E-state index in [2.05, 4.69) is 10.3 Å². The van der Waals surface area contributed by atoms with E-state index in [1.807, 2.05) is 0 Å². The molecule has 140 valence electrons. The molecule has 4 rings (SSSR count). The molecule has 0 unspecified atom stereocenters. The number of fused-ring (bicyclic) bond motifs is 2. The van der Waals surface area contributed by atoms with Crippen molar-refractivity contribution in [1.29, 1.82) is 0 Å². The lowest BCUT2D eigenvalue weighted by molar-refractivity contribution is 0.0695. The average molecular weight is 374 g/mol. The first-order valence-corrected chi connectivity index (χ1v) is 8.29. The number of pyridine rings is 2. The van der Waals surface area contributed by atoms with Crippen LogP contribution < -0.4 is 15.6 Å². The van der Waals surface area contributed by atoms with Gasteiger partial charge in [-0.2, -0.15) is 0 Å². The fourth-order valence-corrected chi connectivity index (χ4v) is 3.41. The summed E-state index contributed by atoms with van der Waals surface area (Å²) in [6, 6.07) is 2.58. The Hall–Kier alpha value is -3.07. The summed E-state index contributed by atoms with van der Waals surface area (Å²) in [6.07, 6.45) is 1.14. The van der Waals surface area contributed by atoms with Crippen LogP contribution in [0.2, 0.25) is 0 Å². The molecule has 0 atom stereocenters. The number of nitrogens with one attached hydrogen (secondary N) is 1. The number of aromatic carboxylic acids is 1. The van der Waals surface area contributed by atoms with Gasteiger partial charge in [-0.15, -0.1) is 0 Å². The minimum Gasteiger partial charge on any atom is -0.477 e. The van der Waals surface area contributed by atoms with E-state index in [1.54, 1.807) is 11.9 Å². The number of rotatable bonds is 3. The van der Waals surface area contributed by atoms with Crippen LogP contribution in [-0.2, 0) is 7.05 Å². The highest BCUT2D eigenvalue weighted by Crippen LogP contribution is 2.33. The lowest BCUT2D eigenvalue weighted by Crippen LogP contribution is -2.57. The second-order valence-electron chi connectivity index (χ2n) is 6.63. The zero-order chi connectivity index (χ0) is 19.5. The zero-order valence-electron chi connectivity index (χ0n) is 14.6. The van der Waals surface area contributed by atoms with E-state index in [-0.39, 0.29) is 33.7 Å². The number of carboxylic acid groups (broad SMARTS) is 1. The van der Waals surface area contributed by atoms with Crippen LogP contribution >= 0.6 is 0 Å². The molecule has 27 heavy (non-hydrogen) atoms. The van der Waals surface area contributed by atoms with Crippen LogP contribution in [0.1, 0.15) is 10.4 Å². The summed E-state index contributed by atoms with van der Waals surface area (Å²) >= 11 is 0. The molecule has 0 radical (unpaired) electrons. The molecule has 0 bridgehead atoms. The van der Waals surface area contributed by atoms with E-state index in [0.29, 0.717) is 13.1 Å². The van der Waals surface area contributed by atoms with Gasteiger partial charge in [0.2, 0.25) is 5.43 Å². The Morgan fingerprint density at radius 1 is 1.33 bits per heavy atom. The fraction of sp³-hybridized carbons (Fsp3) is 0.278. The second kappa shape index (κ2) is 5.98. The van der Waals surface area contributed by atoms with Crippen molar-refractivity contribution < 1.29 is 18.7 Å². The zero-order valence-corrected chi connectivity index (χ0v) is 14.6. The summed E-state index contributed by atoms with van der Waals surface area (Å²) in [5.74, 6) is -2.92. The van der Waals surface area contributed by atoms with Crippen molar-refractivity contribution in [3.63, 3.8) is 0 Å². The van der Waals surface area contributed by atoms with Crippen molar-refractivity contribution in [2.24, 2.45) is 7.05 Å². The van der Waals surface area contributed by atoms with Crippen LogP contribution in [0.15, 0.2) is 23.1 Å². The predicted molar refractivity (Wildman–Crippen MR) is 96.4 cm³/mol. The van der Waals surface area contributed by atoms with E-state index < -0.39 is 28.6 Å². The van der Waals surface area contributed by atoms with Gasteiger partial charge in [0.05, 0.1) is 5.39 Å². The van der Waals surface area contributed by atoms with E-state index in [0.717, 1.165) is 12.3 Å². The number of carbonyl (C=O) groups is 1. The van der Waals surface area contributed by atoms with Crippen LogP contribution in [0.3, 0.4) is 0 Å². The highest BCUT2D eigenvalue weighted by Gasteiger charge is 2.31. The van der Waals surface area contributed by atoms with Crippen LogP contribution in [0, 0.1) is 11.6 Å². The van der Waals surface area contributed by atoms with Gasteiger partial charge in [0.15, 0.2) is 5.82 Å². The highest BCUT2D eigenvalue weighted by atomic mass is 19.1. The molecular weight excluding hydrogens is 358 g/mol. The van der Waals surface area contributed by atoms with E-state index in [4.69, 9.17) is 5.11 Å². The van der Waals surface area contributed by atoms with Crippen molar-refractivity contribution in [3.8, 4) is 0 Å². The predicted octanol–water partition coefficient (Wildman–Crippen LogP) is 1.47. The molecule has 0 aliphatic carbocycles. The minimum absolute atomic E-state index is 0.00403. The molecule has 1 aliphatic rings. The van der Waals surface area contributed by atoms with Crippen LogP contribution in [0.4, 0.5) is 14.5 Å². The molecule has 2 aromatic heterocycles. The van der Waals surface area contributed by atoms with Gasteiger partial charge in [-0.05, 0) is 19.2 Å². The number of hydrogen-bond donors (Lipinski definition) is 2. The van der Waals surface area contributed by atoms with E-state index >= 15 is 4.39 Å². The van der Waals surface area contributed by atoms with Gasteiger partial charge in [0.25, 0.3) is 0 Å². The van der Waals surface area contributed by atoms with Crippen molar-refractivity contribution in [2.75, 3.05) is 25.0 Å². The molecule has 1 fully saturated rings. The number of benzene rings is 1. The number of aromatic nitrogens is 2. The maximum absolute atomic E-state index is 15.1. The number of anilines is 1. The lowest BCUT2D eigenvalue weighted by Gasteiger charge is -2.41. The molecule has 1 saturated heterocycles. The Kier molecular flexibility index (Phi) is 3.84. The lowest BCUT2D eigenvalue weighted by atomic mass is 10.0. The molecule has 7 nitrogen and oxygen atoms in total. The van der Waals surface area contributed by atoms with Crippen LogP contribution in [0.25, 0.3) is 21.9 Å². The highest BCUT2D eigenvalue weighted by molar-refractivity contribution is 5.97. The van der Waals surface area contributed by atoms with Gasteiger partial charge >= 0.3 is 5.97 Å². The third-order valence-electron chi connectivity index (χ3n) is 4.94. The molecule has 0 saturated carbocycles. The summed E-state index contributed by atoms with van der Waals surface area (Å²) in [5.41, 5.74) is -1.25. The van der Waals surface area contributed by atoms with Crippen LogP contribution in [0.5, 0.6) is 0 Å². The molecule has 3 aromatic rings. The van der Waals surface area contributed by atoms with Crippen molar-refractivity contribution in [3.05, 3.63) is 45.8 Å². The van der Waals surface area contributed by atoms with E-state index in [1.165, 1.54) is 17.7 Å². The second-order valence-corrected chi connectivity index (χ2v) is 6.63. The quantitative estimate of drug-likeness (QED) is 0.675. The summed E-state index contributed by atoms with van der Waals surface area (Å²) in [4.78, 5) is 29.4. The first-order chi connectivity index (χ1) is 12.8. The molecule has 9 heteroatoms. The number of likely N-dealkylation sites (N-methyl/N-ethyl adjacent to an activating group) is 1. The standard InChI is InChI=1S/C18H16F2N4O3/c1-21-9-5-24(6-9)15-12(19)4-8-3-10-16(25)11(18(26)27)7-23(2)17(10)22-14(8)13(15)20/h3-4,7,9,21H,5-6H2,1-2H3,(H,26,27). The van der Waals surface area contributed by atoms with Crippen molar-refractivity contribution in [2.45, 2.75) is 6.04 Å². The minimum atomic E-state index is -1.37. The summed E-state index contributed by atoms with van der Waals surface area (Å²) in [7, 11) is 3.30. The fourth-order valence-electron chi connectivity index (χ4n) is 3.41. The number of nitrogens with zero attached hydrogens (tertiary/aromatic N) is 3. The van der Waals surface area contributed by atoms with Gasteiger partial charge in [-0.25, -0.2) is 18.6 Å². The first kappa shape index (κ1) is 17.3. The Balaban J connectivity index is 1.98. The largest absolute Gasteiger partial charge is 0.477 e. The SMILES string of the molecule is CNC1CN(c2c(F)cc3cc4c(=O)c(C(=O)O)cn(C)c4nc3c2F)C1. The monoisotopic (exact) mass is 374 g/mol. The number of carboxylic acids is 1. The molecule has 2 N–H and O–H groups in total. The molecule has 3 heterocycles. The maximum Gasteiger partial charge on any atom is 0.341 e. The Labute approximate surface area is 151 Å². The molecule has 1 aromatic carbocycles. The average Bonchev–Trinajstić information content (AvgIpc) is 2.58. The Bertz CT molecular complexity index is 1170. The normalized spacial score (nSPS) is 14.7. The van der Waals surface area contributed by atoms with Crippen LogP contribution in [-0.4, -0.2) is 46.8 Å². The van der Waals surface area contributed by atoms with Gasteiger partial charge in [-0.1, -0.05) is 0 Å². The van der Waals surface area contributed by atoms with Gasteiger partial charge in [-0.3, -0.25) is 4.79 Å². The van der Waals surface area contributed by atoms with Gasteiger partial charge < -0.3 is 19.9 Å². The van der Waals surface area contributed by atoms with E-state index in [9.17, 15) is 14.0 Å². The third-order valence-corrected chi connectivity index (χ3v) is 4.94. The smallest absolute Gasteiger partial charge is 0.341 e. The number of halogens is 2. The van der Waals surface area contributed by atoms with Gasteiger partial charge in [0, 0.05) is 37.8 Å². The topological polar surface area (TPSA) is 87.5 Å². The molecule has 0 spiro atoms. The number of aryl methyl sites for hydroxylation is 1. The van der Waals surface area contributed by atoms with Crippen molar-refractivity contribution >= 4 is 33.6 Å². The molecular formula is C18H16F2N4O3. The molecule has 1 aliphatic heterocycles. The van der Waals surface area contributed by atoms with Gasteiger partial charge in [0.1, 0.15) is 28.2 Å². The molecule has 0 amide bonds. The summed E-state index contributed by atoms with van der Waals surface area (Å²) in [6.45, 7) is 0.952. The van der Waals surface area contributed by atoms with Crippen molar-refractivity contribution in [1.82, 2.24) is 14.9 Å². The Morgan fingerprint density at radius 2 is 2.04 bits per heavy atom. The first-order valence-electron chi connectivity index (χ1n) is 8.29. The summed E-state index contributed by atoms with van der Waals surface area (Å²) in [5, 5.41) is 12.3. The summed E-state index contributed by atoms with van der Waals surface area (Å²) < 4.78 is 31.0. The maximum atomic E-state index is 15.1. The number of hydrogen-bond acceptors (Lipinski definition) is 5. The third kappa shape index (κ3) is 2.54.